The summed E-state index contributed by atoms with van der Waals surface area (Å²) in [6.07, 6.45) is 1.01. The van der Waals surface area contributed by atoms with E-state index in [0.717, 1.165) is 13.0 Å². The number of hydrogen-bond donors (Lipinski definition) is 1. The molecule has 0 bridgehead atoms. The number of thiophene rings is 2. The van der Waals surface area contributed by atoms with Crippen LogP contribution in [0.15, 0.2) is 22.9 Å². The summed E-state index contributed by atoms with van der Waals surface area (Å²) >= 11 is 3.18. The van der Waals surface area contributed by atoms with E-state index in [0.29, 0.717) is 17.1 Å². The van der Waals surface area contributed by atoms with E-state index in [1.807, 2.05) is 5.38 Å². The second kappa shape index (κ2) is 5.98. The van der Waals surface area contributed by atoms with Crippen LogP contribution in [0, 0.1) is 11.3 Å². The van der Waals surface area contributed by atoms with Crippen LogP contribution >= 0.6 is 22.7 Å². The molecule has 0 saturated heterocycles. The first-order valence-electron chi connectivity index (χ1n) is 6.77. The Bertz CT molecular complexity index is 698. The fourth-order valence-corrected chi connectivity index (χ4v) is 4.34. The van der Waals surface area contributed by atoms with Gasteiger partial charge in [-0.05, 0) is 41.8 Å². The molecule has 2 aromatic heterocycles. The van der Waals surface area contributed by atoms with E-state index < -0.39 is 0 Å². The smallest absolute Gasteiger partial charge is 0.239 e. The van der Waals surface area contributed by atoms with Crippen molar-refractivity contribution in [2.45, 2.75) is 19.4 Å². The second-order valence-corrected chi connectivity index (χ2v) is 6.94. The van der Waals surface area contributed by atoms with Gasteiger partial charge in [-0.3, -0.25) is 9.69 Å². The number of anilines is 1. The molecule has 2 aromatic rings. The summed E-state index contributed by atoms with van der Waals surface area (Å²) in [7, 11) is 0. The van der Waals surface area contributed by atoms with Crippen molar-refractivity contribution >= 4 is 33.6 Å². The Morgan fingerprint density at radius 1 is 1.48 bits per heavy atom. The van der Waals surface area contributed by atoms with E-state index >= 15 is 0 Å². The molecule has 6 heteroatoms. The third kappa shape index (κ3) is 2.86. The Morgan fingerprint density at radius 2 is 2.29 bits per heavy atom. The summed E-state index contributed by atoms with van der Waals surface area (Å²) in [6, 6.07) is 6.23. The Labute approximate surface area is 131 Å². The van der Waals surface area contributed by atoms with Crippen molar-refractivity contribution in [1.29, 1.82) is 5.26 Å². The van der Waals surface area contributed by atoms with Gasteiger partial charge in [-0.15, -0.1) is 22.7 Å². The van der Waals surface area contributed by atoms with Gasteiger partial charge in [0.1, 0.15) is 11.1 Å². The molecule has 0 unspecified atom stereocenters. The first-order chi connectivity index (χ1) is 10.2. The summed E-state index contributed by atoms with van der Waals surface area (Å²) in [5.41, 5.74) is 1.87. The van der Waals surface area contributed by atoms with E-state index in [4.69, 9.17) is 5.26 Å². The van der Waals surface area contributed by atoms with Crippen LogP contribution in [0.5, 0.6) is 0 Å². The van der Waals surface area contributed by atoms with Crippen LogP contribution in [0.25, 0.3) is 0 Å². The molecule has 1 atom stereocenters. The first kappa shape index (κ1) is 14.3. The van der Waals surface area contributed by atoms with Crippen LogP contribution in [0.4, 0.5) is 5.00 Å². The highest BCUT2D eigenvalue weighted by atomic mass is 32.1. The highest BCUT2D eigenvalue weighted by molar-refractivity contribution is 7.14. The molecule has 3 heterocycles. The lowest BCUT2D eigenvalue weighted by Gasteiger charge is -2.32. The van der Waals surface area contributed by atoms with Gasteiger partial charge in [0.15, 0.2) is 0 Å². The monoisotopic (exact) mass is 317 g/mol. The number of nitrogens with one attached hydrogen (secondary N) is 1. The summed E-state index contributed by atoms with van der Waals surface area (Å²) < 4.78 is 0. The highest BCUT2D eigenvalue weighted by Gasteiger charge is 2.26. The number of carbonyl (C=O) groups is 1. The van der Waals surface area contributed by atoms with Crippen molar-refractivity contribution in [1.82, 2.24) is 4.90 Å². The Morgan fingerprint density at radius 3 is 3.10 bits per heavy atom. The van der Waals surface area contributed by atoms with Gasteiger partial charge in [0.2, 0.25) is 5.91 Å². The van der Waals surface area contributed by atoms with Crippen molar-refractivity contribution in [2.75, 3.05) is 18.4 Å². The number of nitrogens with zero attached hydrogens (tertiary/aromatic N) is 2. The van der Waals surface area contributed by atoms with Crippen molar-refractivity contribution in [3.8, 4) is 6.07 Å². The molecule has 0 aromatic carbocycles. The van der Waals surface area contributed by atoms with Gasteiger partial charge in [-0.2, -0.15) is 5.26 Å². The Hall–Kier alpha value is -1.68. The minimum absolute atomic E-state index is 0.0560. The fraction of sp³-hybridized carbons (Fsp3) is 0.333. The maximum absolute atomic E-state index is 12.2. The molecular weight excluding hydrogens is 302 g/mol. The van der Waals surface area contributed by atoms with Crippen LogP contribution in [-0.2, 0) is 11.2 Å². The summed E-state index contributed by atoms with van der Waals surface area (Å²) in [5.74, 6) is -0.0560. The van der Waals surface area contributed by atoms with Crippen LogP contribution in [0.3, 0.4) is 0 Å². The van der Waals surface area contributed by atoms with Gasteiger partial charge in [-0.25, -0.2) is 0 Å². The van der Waals surface area contributed by atoms with Gasteiger partial charge in [0, 0.05) is 17.5 Å². The molecule has 108 valence electrons. The molecule has 4 nitrogen and oxygen atoms in total. The molecule has 1 aliphatic rings. The standard InChI is InChI=1S/C15H15N3OS2/c1-10-12-4-7-20-13(12)2-5-18(10)9-14(19)17-15-11(8-16)3-6-21-15/h3-4,6-7,10H,2,5,9H2,1H3,(H,17,19)/t10-/m1/s1. The molecule has 1 N–H and O–H groups in total. The molecule has 0 aliphatic carbocycles. The molecule has 3 rings (SSSR count). The average Bonchev–Trinajstić information content (AvgIpc) is 3.10. The highest BCUT2D eigenvalue weighted by Crippen LogP contribution is 2.32. The van der Waals surface area contributed by atoms with Crippen molar-refractivity contribution in [3.63, 3.8) is 0 Å². The zero-order valence-electron chi connectivity index (χ0n) is 11.6. The quantitative estimate of drug-likeness (QED) is 0.945. The number of carbonyl (C=O) groups excluding carboxylic acids is 1. The maximum Gasteiger partial charge on any atom is 0.239 e. The SMILES string of the molecule is C[C@@H]1c2ccsc2CCN1CC(=O)Nc1sccc1C#N. The van der Waals surface area contributed by atoms with Crippen LogP contribution in [-0.4, -0.2) is 23.9 Å². The largest absolute Gasteiger partial charge is 0.315 e. The zero-order chi connectivity index (χ0) is 14.8. The van der Waals surface area contributed by atoms with Crippen molar-refractivity contribution in [3.05, 3.63) is 38.9 Å². The normalized spacial score (nSPS) is 18.0. The first-order valence-corrected chi connectivity index (χ1v) is 8.52. The van der Waals surface area contributed by atoms with Crippen LogP contribution in [0.2, 0.25) is 0 Å². The predicted molar refractivity (Wildman–Crippen MR) is 85.7 cm³/mol. The van der Waals surface area contributed by atoms with Gasteiger partial charge in [0.05, 0.1) is 12.1 Å². The van der Waals surface area contributed by atoms with Crippen molar-refractivity contribution < 1.29 is 4.79 Å². The summed E-state index contributed by atoms with van der Waals surface area (Å²) in [6.45, 7) is 3.40. The molecule has 1 aliphatic heterocycles. The third-order valence-corrected chi connectivity index (χ3v) is 5.62. The lowest BCUT2D eigenvalue weighted by molar-refractivity contribution is -0.117. The summed E-state index contributed by atoms with van der Waals surface area (Å²) in [4.78, 5) is 15.8. The Kier molecular flexibility index (Phi) is 4.06. The van der Waals surface area contributed by atoms with Crippen LogP contribution in [0.1, 0.15) is 29.0 Å². The maximum atomic E-state index is 12.2. The predicted octanol–water partition coefficient (Wildman–Crippen LogP) is 3.24. The number of fused-ring (bicyclic) bond motifs is 1. The number of rotatable bonds is 3. The topological polar surface area (TPSA) is 56.1 Å². The lowest BCUT2D eigenvalue weighted by Crippen LogP contribution is -2.39. The fourth-order valence-electron chi connectivity index (χ4n) is 2.62. The van der Waals surface area contributed by atoms with Gasteiger partial charge in [-0.1, -0.05) is 0 Å². The lowest BCUT2D eigenvalue weighted by atomic mass is 10.0. The third-order valence-electron chi connectivity index (χ3n) is 3.79. The molecule has 1 amide bonds. The number of nitriles is 1. The summed E-state index contributed by atoms with van der Waals surface area (Å²) in [5, 5.41) is 16.4. The van der Waals surface area contributed by atoms with E-state index in [-0.39, 0.29) is 11.9 Å². The van der Waals surface area contributed by atoms with Gasteiger partial charge < -0.3 is 5.32 Å². The molecule has 0 fully saturated rings. The van der Waals surface area contributed by atoms with Gasteiger partial charge in [0.25, 0.3) is 0 Å². The van der Waals surface area contributed by atoms with E-state index in [1.54, 1.807) is 17.4 Å². The zero-order valence-corrected chi connectivity index (χ0v) is 13.3. The van der Waals surface area contributed by atoms with Gasteiger partial charge >= 0.3 is 0 Å². The molecule has 0 radical (unpaired) electrons. The van der Waals surface area contributed by atoms with Crippen molar-refractivity contribution in [2.24, 2.45) is 0 Å². The minimum Gasteiger partial charge on any atom is -0.315 e. The van der Waals surface area contributed by atoms with E-state index in [1.165, 1.54) is 21.8 Å². The van der Waals surface area contributed by atoms with E-state index in [2.05, 4.69) is 34.7 Å². The van der Waals surface area contributed by atoms with E-state index in [9.17, 15) is 4.79 Å². The average molecular weight is 317 g/mol. The molecule has 0 saturated carbocycles. The molecular formula is C15H15N3OS2. The minimum atomic E-state index is -0.0560. The Balaban J connectivity index is 1.65. The van der Waals surface area contributed by atoms with Crippen LogP contribution < -0.4 is 5.32 Å². The second-order valence-electron chi connectivity index (χ2n) is 5.02. The number of amides is 1. The molecule has 21 heavy (non-hydrogen) atoms. The molecule has 0 spiro atoms. The number of hydrogen-bond acceptors (Lipinski definition) is 5.